The molecule has 1 aromatic carbocycles. The topological polar surface area (TPSA) is 110 Å². The van der Waals surface area contributed by atoms with Gasteiger partial charge in [-0.3, -0.25) is 19.1 Å². The largest absolute Gasteiger partial charge is 0.483 e. The normalized spacial score (nSPS) is 10.6. The molecule has 8 nitrogen and oxygen atoms in total. The number of nitrogens with zero attached hydrogens (tertiary/aromatic N) is 2. The van der Waals surface area contributed by atoms with Crippen molar-refractivity contribution in [2.45, 2.75) is 40.2 Å². The maximum absolute atomic E-state index is 12.7. The van der Waals surface area contributed by atoms with Crippen molar-refractivity contribution in [3.05, 3.63) is 50.7 Å². The van der Waals surface area contributed by atoms with Crippen LogP contribution in [0.3, 0.4) is 0 Å². The van der Waals surface area contributed by atoms with Crippen molar-refractivity contribution in [1.82, 2.24) is 9.55 Å². The summed E-state index contributed by atoms with van der Waals surface area (Å²) < 4.78 is 6.88. The number of aryl methyl sites for hydroxylation is 1. The Morgan fingerprint density at radius 2 is 1.96 bits per heavy atom. The van der Waals surface area contributed by atoms with E-state index < -0.39 is 17.2 Å². The van der Waals surface area contributed by atoms with Gasteiger partial charge in [-0.05, 0) is 31.9 Å². The average molecular weight is 374 g/mol. The van der Waals surface area contributed by atoms with Crippen LogP contribution in [0.25, 0.3) is 0 Å². The zero-order valence-electron chi connectivity index (χ0n) is 15.9. The van der Waals surface area contributed by atoms with Crippen molar-refractivity contribution >= 4 is 17.4 Å². The molecule has 27 heavy (non-hydrogen) atoms. The van der Waals surface area contributed by atoms with E-state index in [1.807, 2.05) is 32.0 Å². The fourth-order valence-corrected chi connectivity index (χ4v) is 2.77. The Morgan fingerprint density at radius 1 is 1.26 bits per heavy atom. The van der Waals surface area contributed by atoms with Gasteiger partial charge in [0.15, 0.2) is 12.3 Å². The third-order valence-corrected chi connectivity index (χ3v) is 4.28. The molecule has 0 unspecified atom stereocenters. The molecule has 1 amide bonds. The predicted molar refractivity (Wildman–Crippen MR) is 105 cm³/mol. The molecule has 0 aliphatic rings. The minimum absolute atomic E-state index is 0.0108. The Morgan fingerprint density at radius 3 is 2.59 bits per heavy atom. The lowest BCUT2D eigenvalue weighted by atomic mass is 10.2. The van der Waals surface area contributed by atoms with Gasteiger partial charge in [-0.1, -0.05) is 31.5 Å². The quantitative estimate of drug-likeness (QED) is 0.730. The number of H-pyrrole nitrogens is 1. The summed E-state index contributed by atoms with van der Waals surface area (Å²) in [5.74, 6) is 0.165. The van der Waals surface area contributed by atoms with Gasteiger partial charge in [0.25, 0.3) is 11.5 Å². The van der Waals surface area contributed by atoms with E-state index in [1.165, 1.54) is 9.47 Å². The van der Waals surface area contributed by atoms with Gasteiger partial charge >= 0.3 is 5.69 Å². The minimum atomic E-state index is -0.684. The number of nitrogens with one attached hydrogen (secondary N) is 1. The molecule has 2 rings (SSSR count). The number of hydrogen-bond acceptors (Lipinski definition) is 5. The molecule has 8 heteroatoms. The first kappa shape index (κ1) is 20.3. The number of nitrogens with two attached hydrogens (primary N) is 1. The smallest absolute Gasteiger partial charge is 0.330 e. The first-order chi connectivity index (χ1) is 12.9. The summed E-state index contributed by atoms with van der Waals surface area (Å²) in [4.78, 5) is 40.6. The van der Waals surface area contributed by atoms with E-state index in [0.29, 0.717) is 12.3 Å². The van der Waals surface area contributed by atoms with Crippen molar-refractivity contribution in [2.24, 2.45) is 0 Å². The van der Waals surface area contributed by atoms with Crippen LogP contribution in [0.4, 0.5) is 11.5 Å². The molecule has 0 atom stereocenters. The summed E-state index contributed by atoms with van der Waals surface area (Å²) in [5, 5.41) is 0. The highest BCUT2D eigenvalue weighted by atomic mass is 16.5. The second-order valence-corrected chi connectivity index (χ2v) is 6.19. The zero-order valence-corrected chi connectivity index (χ0v) is 15.9. The Kier molecular flexibility index (Phi) is 6.81. The number of aromatic nitrogens is 2. The fourth-order valence-electron chi connectivity index (χ4n) is 2.77. The number of unbranched alkanes of at least 4 members (excludes halogenated alkanes) is 1. The number of benzene rings is 1. The highest BCUT2D eigenvalue weighted by molar-refractivity contribution is 5.96. The van der Waals surface area contributed by atoms with Gasteiger partial charge < -0.3 is 15.4 Å². The first-order valence-electron chi connectivity index (χ1n) is 9.02. The Bertz CT molecular complexity index is 917. The molecule has 0 aliphatic heterocycles. The number of nitrogen functional groups attached to an aromatic ring is 1. The van der Waals surface area contributed by atoms with Crippen molar-refractivity contribution < 1.29 is 9.53 Å². The van der Waals surface area contributed by atoms with Crippen molar-refractivity contribution in [2.75, 3.05) is 23.8 Å². The highest BCUT2D eigenvalue weighted by Gasteiger charge is 2.23. The number of rotatable bonds is 8. The third kappa shape index (κ3) is 4.58. The number of carbonyl (C=O) groups excluding carboxylic acids is 1. The van der Waals surface area contributed by atoms with E-state index in [1.54, 1.807) is 13.0 Å². The lowest BCUT2D eigenvalue weighted by Gasteiger charge is -2.23. The van der Waals surface area contributed by atoms with E-state index in [-0.39, 0.29) is 24.7 Å². The van der Waals surface area contributed by atoms with E-state index in [0.717, 1.165) is 18.4 Å². The molecular formula is C19H26N4O4. The lowest BCUT2D eigenvalue weighted by molar-refractivity contribution is -0.120. The van der Waals surface area contributed by atoms with Crippen LogP contribution >= 0.6 is 0 Å². The van der Waals surface area contributed by atoms with Crippen LogP contribution in [0.15, 0.2) is 33.9 Å². The molecule has 0 bridgehead atoms. The second-order valence-electron chi connectivity index (χ2n) is 6.19. The van der Waals surface area contributed by atoms with E-state index in [9.17, 15) is 14.4 Å². The molecule has 2 aromatic rings. The number of carbonyl (C=O) groups is 1. The summed E-state index contributed by atoms with van der Waals surface area (Å²) in [6.07, 6.45) is 1.59. The Hall–Kier alpha value is -3.03. The molecule has 0 aliphatic carbocycles. The number of amides is 1. The molecule has 3 N–H and O–H groups in total. The highest BCUT2D eigenvalue weighted by Crippen LogP contribution is 2.19. The monoisotopic (exact) mass is 374 g/mol. The van der Waals surface area contributed by atoms with E-state index in [2.05, 4.69) is 4.98 Å². The summed E-state index contributed by atoms with van der Waals surface area (Å²) in [7, 11) is 0. The molecule has 0 saturated carbocycles. The van der Waals surface area contributed by atoms with Gasteiger partial charge in [-0.25, -0.2) is 4.79 Å². The van der Waals surface area contributed by atoms with Gasteiger partial charge in [-0.15, -0.1) is 0 Å². The zero-order chi connectivity index (χ0) is 20.0. The molecule has 0 radical (unpaired) electrons. The van der Waals surface area contributed by atoms with E-state index in [4.69, 9.17) is 10.5 Å². The minimum Gasteiger partial charge on any atom is -0.483 e. The number of likely N-dealkylation sites (N-methyl/N-ethyl adjacent to an activating group) is 1. The van der Waals surface area contributed by atoms with Crippen LogP contribution < -0.4 is 26.6 Å². The van der Waals surface area contributed by atoms with Gasteiger partial charge in [0.1, 0.15) is 11.6 Å². The van der Waals surface area contributed by atoms with Crippen LogP contribution in [0.2, 0.25) is 0 Å². The van der Waals surface area contributed by atoms with Crippen molar-refractivity contribution in [3.63, 3.8) is 0 Å². The van der Waals surface area contributed by atoms with Gasteiger partial charge in [-0.2, -0.15) is 0 Å². The van der Waals surface area contributed by atoms with Crippen LogP contribution in [-0.2, 0) is 11.3 Å². The summed E-state index contributed by atoms with van der Waals surface area (Å²) >= 11 is 0. The molecule has 0 spiro atoms. The second kappa shape index (κ2) is 9.07. The summed E-state index contributed by atoms with van der Waals surface area (Å²) in [5.41, 5.74) is 5.70. The van der Waals surface area contributed by atoms with Gasteiger partial charge in [0.2, 0.25) is 0 Å². The number of anilines is 2. The average Bonchev–Trinajstić information content (AvgIpc) is 2.64. The maximum atomic E-state index is 12.7. The summed E-state index contributed by atoms with van der Waals surface area (Å²) in [6.45, 7) is 5.94. The molecule has 0 fully saturated rings. The van der Waals surface area contributed by atoms with E-state index >= 15 is 0 Å². The van der Waals surface area contributed by atoms with Crippen molar-refractivity contribution in [3.8, 4) is 5.75 Å². The lowest BCUT2D eigenvalue weighted by Crippen LogP contribution is -2.42. The predicted octanol–water partition coefficient (Wildman–Crippen LogP) is 1.66. The van der Waals surface area contributed by atoms with Gasteiger partial charge in [0.05, 0.1) is 0 Å². The fraction of sp³-hybridized carbons (Fsp3) is 0.421. The number of aromatic amines is 1. The van der Waals surface area contributed by atoms with Gasteiger partial charge in [0, 0.05) is 13.1 Å². The molecular weight excluding hydrogens is 348 g/mol. The Labute approximate surface area is 157 Å². The number of ether oxygens (including phenoxy) is 1. The Balaban J connectivity index is 2.30. The molecule has 0 saturated heterocycles. The van der Waals surface area contributed by atoms with Crippen molar-refractivity contribution in [1.29, 1.82) is 0 Å². The summed E-state index contributed by atoms with van der Waals surface area (Å²) in [6, 6.07) is 7.34. The maximum Gasteiger partial charge on any atom is 0.330 e. The number of para-hydroxylation sites is 1. The molecule has 1 heterocycles. The first-order valence-corrected chi connectivity index (χ1v) is 9.02. The SMILES string of the molecule is CCCCn1c(N)c(N(CC)C(=O)COc2ccccc2C)c(=O)[nH]c1=O. The third-order valence-electron chi connectivity index (χ3n) is 4.28. The molecule has 146 valence electrons. The van der Waals surface area contributed by atoms with Crippen LogP contribution in [0.5, 0.6) is 5.75 Å². The van der Waals surface area contributed by atoms with Crippen LogP contribution in [0, 0.1) is 6.92 Å². The standard InChI is InChI=1S/C19H26N4O4/c1-4-6-11-23-17(20)16(18(25)21-19(23)26)22(5-2)15(24)12-27-14-10-8-7-9-13(14)3/h7-10H,4-6,11-12,20H2,1-3H3,(H,21,25,26). The number of hydrogen-bond donors (Lipinski definition) is 2. The molecule has 1 aromatic heterocycles. The van der Waals surface area contributed by atoms with Crippen LogP contribution in [0.1, 0.15) is 32.3 Å². The van der Waals surface area contributed by atoms with Crippen LogP contribution in [-0.4, -0.2) is 28.6 Å².